The quantitative estimate of drug-likeness (QED) is 0.729. The maximum absolute atomic E-state index is 11.6. The van der Waals surface area contributed by atoms with Crippen LogP contribution in [0.3, 0.4) is 0 Å². The topological polar surface area (TPSA) is 46.9 Å². The zero-order valence-corrected chi connectivity index (χ0v) is 8.79. The Morgan fingerprint density at radius 3 is 2.79 bits per heavy atom. The molecule has 1 N–H and O–H groups in total. The summed E-state index contributed by atoms with van der Waals surface area (Å²) in [6.07, 6.45) is 1.57. The zero-order chi connectivity index (χ0) is 10.7. The summed E-state index contributed by atoms with van der Waals surface area (Å²) in [5.41, 5.74) is 2.41. The van der Waals surface area contributed by atoms with Gasteiger partial charge in [0.15, 0.2) is 0 Å². The first kappa shape index (κ1) is 10.5. The SMILES string of the molecule is C=C(C)CNC(=O)c1cnn(C)c1C. The molecular formula is C10H15N3O. The van der Waals surface area contributed by atoms with E-state index in [1.54, 1.807) is 10.9 Å². The Bertz CT molecular complexity index is 365. The molecule has 1 amide bonds. The van der Waals surface area contributed by atoms with E-state index in [-0.39, 0.29) is 5.91 Å². The Labute approximate surface area is 83.6 Å². The van der Waals surface area contributed by atoms with Crippen LogP contribution in [0.4, 0.5) is 0 Å². The van der Waals surface area contributed by atoms with E-state index in [0.29, 0.717) is 12.1 Å². The molecule has 0 aliphatic heterocycles. The van der Waals surface area contributed by atoms with E-state index in [1.165, 1.54) is 0 Å². The molecule has 0 saturated heterocycles. The number of hydrogen-bond donors (Lipinski definition) is 1. The Morgan fingerprint density at radius 1 is 1.71 bits per heavy atom. The first-order valence-electron chi connectivity index (χ1n) is 4.43. The summed E-state index contributed by atoms with van der Waals surface area (Å²) in [6.45, 7) is 7.96. The molecule has 1 heterocycles. The lowest BCUT2D eigenvalue weighted by molar-refractivity contribution is 0.0956. The minimum atomic E-state index is -0.0985. The predicted octanol–water partition coefficient (Wildman–Crippen LogP) is 1.03. The first-order valence-corrected chi connectivity index (χ1v) is 4.43. The molecule has 0 atom stereocenters. The van der Waals surface area contributed by atoms with Crippen molar-refractivity contribution in [1.29, 1.82) is 0 Å². The Hall–Kier alpha value is -1.58. The molecule has 0 aliphatic rings. The lowest BCUT2D eigenvalue weighted by Crippen LogP contribution is -2.25. The third-order valence-corrected chi connectivity index (χ3v) is 2.03. The summed E-state index contributed by atoms with van der Waals surface area (Å²) < 4.78 is 1.68. The van der Waals surface area contributed by atoms with Crippen molar-refractivity contribution < 1.29 is 4.79 Å². The molecule has 0 aliphatic carbocycles. The normalized spacial score (nSPS) is 9.93. The van der Waals surface area contributed by atoms with Gasteiger partial charge in [0.2, 0.25) is 0 Å². The van der Waals surface area contributed by atoms with Gasteiger partial charge >= 0.3 is 0 Å². The monoisotopic (exact) mass is 193 g/mol. The highest BCUT2D eigenvalue weighted by atomic mass is 16.1. The van der Waals surface area contributed by atoms with Gasteiger partial charge in [0.1, 0.15) is 0 Å². The highest BCUT2D eigenvalue weighted by Gasteiger charge is 2.11. The second kappa shape index (κ2) is 4.09. The zero-order valence-electron chi connectivity index (χ0n) is 8.79. The summed E-state index contributed by atoms with van der Waals surface area (Å²) in [6, 6.07) is 0. The van der Waals surface area contributed by atoms with E-state index < -0.39 is 0 Å². The minimum absolute atomic E-state index is 0.0985. The summed E-state index contributed by atoms with van der Waals surface area (Å²) >= 11 is 0. The number of aromatic nitrogens is 2. The molecule has 0 spiro atoms. The fraction of sp³-hybridized carbons (Fsp3) is 0.400. The molecule has 76 valence electrons. The van der Waals surface area contributed by atoms with Crippen molar-refractivity contribution in [3.8, 4) is 0 Å². The third kappa shape index (κ3) is 2.22. The van der Waals surface area contributed by atoms with Gasteiger partial charge in [-0.25, -0.2) is 0 Å². The maximum atomic E-state index is 11.6. The number of amides is 1. The third-order valence-electron chi connectivity index (χ3n) is 2.03. The van der Waals surface area contributed by atoms with Crippen molar-refractivity contribution in [2.75, 3.05) is 6.54 Å². The fourth-order valence-electron chi connectivity index (χ4n) is 1.05. The molecule has 1 aromatic rings. The summed E-state index contributed by atoms with van der Waals surface area (Å²) in [5, 5.41) is 6.76. The van der Waals surface area contributed by atoms with Gasteiger partial charge in [0, 0.05) is 19.3 Å². The first-order chi connectivity index (χ1) is 6.52. The van der Waals surface area contributed by atoms with Crippen LogP contribution in [-0.2, 0) is 7.05 Å². The van der Waals surface area contributed by atoms with E-state index in [1.807, 2.05) is 20.9 Å². The van der Waals surface area contributed by atoms with Gasteiger partial charge < -0.3 is 5.32 Å². The molecular weight excluding hydrogens is 178 g/mol. The average molecular weight is 193 g/mol. The van der Waals surface area contributed by atoms with Crippen LogP contribution in [0.5, 0.6) is 0 Å². The van der Waals surface area contributed by atoms with Crippen molar-refractivity contribution in [3.63, 3.8) is 0 Å². The van der Waals surface area contributed by atoms with Crippen LogP contribution in [0.1, 0.15) is 23.0 Å². The Kier molecular flexibility index (Phi) is 3.06. The van der Waals surface area contributed by atoms with Gasteiger partial charge in [-0.1, -0.05) is 12.2 Å². The molecule has 0 fully saturated rings. The van der Waals surface area contributed by atoms with Crippen LogP contribution in [0.25, 0.3) is 0 Å². The van der Waals surface area contributed by atoms with Gasteiger partial charge in [0.05, 0.1) is 11.8 Å². The van der Waals surface area contributed by atoms with Crippen LogP contribution in [-0.4, -0.2) is 22.2 Å². The molecule has 1 rings (SSSR count). The molecule has 0 bridgehead atoms. The standard InChI is InChI=1S/C10H15N3O/c1-7(2)5-11-10(14)9-6-12-13(4)8(9)3/h6H,1,5H2,2-4H3,(H,11,14). The lowest BCUT2D eigenvalue weighted by atomic mass is 10.2. The second-order valence-corrected chi connectivity index (χ2v) is 3.41. The molecule has 14 heavy (non-hydrogen) atoms. The molecule has 4 nitrogen and oxygen atoms in total. The van der Waals surface area contributed by atoms with Gasteiger partial charge in [-0.2, -0.15) is 5.10 Å². The molecule has 0 unspecified atom stereocenters. The number of carbonyl (C=O) groups excluding carboxylic acids is 1. The van der Waals surface area contributed by atoms with E-state index in [4.69, 9.17) is 0 Å². The van der Waals surface area contributed by atoms with E-state index in [0.717, 1.165) is 11.3 Å². The number of aryl methyl sites for hydroxylation is 1. The Morgan fingerprint density at radius 2 is 2.36 bits per heavy atom. The van der Waals surface area contributed by atoms with E-state index in [2.05, 4.69) is 17.0 Å². The number of rotatable bonds is 3. The van der Waals surface area contributed by atoms with Gasteiger partial charge in [0.25, 0.3) is 5.91 Å². The van der Waals surface area contributed by atoms with Crippen LogP contribution in [0.2, 0.25) is 0 Å². The Balaban J connectivity index is 2.70. The van der Waals surface area contributed by atoms with Crippen molar-refractivity contribution in [1.82, 2.24) is 15.1 Å². The number of nitrogens with zero attached hydrogens (tertiary/aromatic N) is 2. The highest BCUT2D eigenvalue weighted by Crippen LogP contribution is 2.04. The van der Waals surface area contributed by atoms with Gasteiger partial charge in [-0.3, -0.25) is 9.48 Å². The van der Waals surface area contributed by atoms with Crippen molar-refractivity contribution >= 4 is 5.91 Å². The largest absolute Gasteiger partial charge is 0.348 e. The fourth-order valence-corrected chi connectivity index (χ4v) is 1.05. The molecule has 4 heteroatoms. The van der Waals surface area contributed by atoms with Crippen molar-refractivity contribution in [2.45, 2.75) is 13.8 Å². The van der Waals surface area contributed by atoms with E-state index in [9.17, 15) is 4.79 Å². The lowest BCUT2D eigenvalue weighted by Gasteiger charge is -2.03. The van der Waals surface area contributed by atoms with Crippen LogP contribution >= 0.6 is 0 Å². The van der Waals surface area contributed by atoms with Crippen LogP contribution < -0.4 is 5.32 Å². The minimum Gasteiger partial charge on any atom is -0.348 e. The van der Waals surface area contributed by atoms with Crippen LogP contribution in [0.15, 0.2) is 18.3 Å². The number of hydrogen-bond acceptors (Lipinski definition) is 2. The number of nitrogens with one attached hydrogen (secondary N) is 1. The highest BCUT2D eigenvalue weighted by molar-refractivity contribution is 5.95. The molecule has 1 aromatic heterocycles. The second-order valence-electron chi connectivity index (χ2n) is 3.41. The maximum Gasteiger partial charge on any atom is 0.255 e. The van der Waals surface area contributed by atoms with Gasteiger partial charge in [-0.05, 0) is 13.8 Å². The average Bonchev–Trinajstić information content (AvgIpc) is 2.44. The van der Waals surface area contributed by atoms with E-state index >= 15 is 0 Å². The summed E-state index contributed by atoms with van der Waals surface area (Å²) in [4.78, 5) is 11.6. The van der Waals surface area contributed by atoms with Crippen molar-refractivity contribution in [2.24, 2.45) is 7.05 Å². The molecule has 0 saturated carbocycles. The molecule has 0 radical (unpaired) electrons. The van der Waals surface area contributed by atoms with Gasteiger partial charge in [-0.15, -0.1) is 0 Å². The number of carbonyl (C=O) groups is 1. The predicted molar refractivity (Wildman–Crippen MR) is 55.1 cm³/mol. The summed E-state index contributed by atoms with van der Waals surface area (Å²) in [7, 11) is 1.81. The van der Waals surface area contributed by atoms with Crippen LogP contribution in [0, 0.1) is 6.92 Å². The summed E-state index contributed by atoms with van der Waals surface area (Å²) in [5.74, 6) is -0.0985. The smallest absolute Gasteiger partial charge is 0.255 e. The van der Waals surface area contributed by atoms with Crippen molar-refractivity contribution in [3.05, 3.63) is 29.6 Å². The molecule has 0 aromatic carbocycles.